The number of carboxylic acids is 1. The van der Waals surface area contributed by atoms with E-state index in [2.05, 4.69) is 5.32 Å². The summed E-state index contributed by atoms with van der Waals surface area (Å²) in [5.74, 6) is -0.971. The van der Waals surface area contributed by atoms with Gasteiger partial charge in [0.25, 0.3) is 0 Å². The van der Waals surface area contributed by atoms with E-state index in [4.69, 9.17) is 9.84 Å². The van der Waals surface area contributed by atoms with Crippen molar-refractivity contribution in [3.05, 3.63) is 0 Å². The third kappa shape index (κ3) is 5.46. The average molecular weight is 272 g/mol. The molecule has 1 saturated heterocycles. The van der Waals surface area contributed by atoms with Crippen molar-refractivity contribution in [1.29, 1.82) is 0 Å². The molecular formula is C13H24N2O4. The predicted octanol–water partition coefficient (Wildman–Crippen LogP) is 1.45. The van der Waals surface area contributed by atoms with Crippen LogP contribution < -0.4 is 5.32 Å². The first-order valence-corrected chi connectivity index (χ1v) is 6.94. The molecule has 0 aromatic rings. The zero-order chi connectivity index (χ0) is 14.3. The lowest BCUT2D eigenvalue weighted by Gasteiger charge is -2.24. The number of unbranched alkanes of at least 4 members (excludes halogenated alkanes) is 1. The third-order valence-electron chi connectivity index (χ3n) is 3.18. The van der Waals surface area contributed by atoms with Gasteiger partial charge in [-0.25, -0.2) is 9.59 Å². The molecule has 2 atom stereocenters. The number of nitrogens with zero attached hydrogens (tertiary/aromatic N) is 1. The number of carbonyl (C=O) groups is 2. The van der Waals surface area contributed by atoms with Gasteiger partial charge in [-0.05, 0) is 19.8 Å². The molecule has 1 aliphatic heterocycles. The number of ether oxygens (including phenoxy) is 1. The number of nitrogens with one attached hydrogen (secondary N) is 1. The van der Waals surface area contributed by atoms with Crippen LogP contribution in [0.4, 0.5) is 4.79 Å². The molecule has 0 aliphatic carbocycles. The van der Waals surface area contributed by atoms with Crippen molar-refractivity contribution in [3.63, 3.8) is 0 Å². The van der Waals surface area contributed by atoms with E-state index in [0.29, 0.717) is 26.1 Å². The van der Waals surface area contributed by atoms with Crippen LogP contribution in [0.25, 0.3) is 0 Å². The molecule has 6 nitrogen and oxygen atoms in total. The van der Waals surface area contributed by atoms with Crippen LogP contribution in [0.15, 0.2) is 0 Å². The zero-order valence-electron chi connectivity index (χ0n) is 11.7. The molecule has 1 unspecified atom stereocenters. The molecule has 2 N–H and O–H groups in total. The quantitative estimate of drug-likeness (QED) is 0.794. The zero-order valence-corrected chi connectivity index (χ0v) is 11.7. The Morgan fingerprint density at radius 3 is 2.89 bits per heavy atom. The van der Waals surface area contributed by atoms with E-state index >= 15 is 0 Å². The lowest BCUT2D eigenvalue weighted by Crippen LogP contribution is -2.49. The second kappa shape index (κ2) is 7.99. The molecule has 1 rings (SSSR count). The normalized spacial score (nSPS) is 21.6. The fourth-order valence-electron chi connectivity index (χ4n) is 2.08. The Kier molecular flexibility index (Phi) is 6.62. The molecule has 0 spiro atoms. The van der Waals surface area contributed by atoms with Crippen molar-refractivity contribution in [2.75, 3.05) is 19.7 Å². The van der Waals surface area contributed by atoms with Crippen molar-refractivity contribution in [3.8, 4) is 0 Å². The van der Waals surface area contributed by atoms with Crippen LogP contribution in [0.2, 0.25) is 0 Å². The third-order valence-corrected chi connectivity index (χ3v) is 3.18. The molecule has 110 valence electrons. The molecule has 1 fully saturated rings. The average Bonchev–Trinajstić information content (AvgIpc) is 2.58. The van der Waals surface area contributed by atoms with Gasteiger partial charge in [0.05, 0.1) is 6.10 Å². The summed E-state index contributed by atoms with van der Waals surface area (Å²) in [6, 6.07) is -1.10. The number of amides is 2. The lowest BCUT2D eigenvalue weighted by atomic mass is 10.1. The highest BCUT2D eigenvalue weighted by Crippen LogP contribution is 2.07. The molecule has 2 amide bonds. The highest BCUT2D eigenvalue weighted by molar-refractivity contribution is 5.82. The Hall–Kier alpha value is -1.30. The highest BCUT2D eigenvalue weighted by atomic mass is 16.5. The predicted molar refractivity (Wildman–Crippen MR) is 71.1 cm³/mol. The number of rotatable bonds is 5. The van der Waals surface area contributed by atoms with Crippen LogP contribution in [0.1, 0.15) is 39.5 Å². The Labute approximate surface area is 114 Å². The molecule has 1 heterocycles. The van der Waals surface area contributed by atoms with E-state index in [-0.39, 0.29) is 12.1 Å². The van der Waals surface area contributed by atoms with Gasteiger partial charge >= 0.3 is 12.0 Å². The minimum absolute atomic E-state index is 0.00725. The van der Waals surface area contributed by atoms with E-state index in [0.717, 1.165) is 19.3 Å². The maximum Gasteiger partial charge on any atom is 0.326 e. The number of hydrogen-bond acceptors (Lipinski definition) is 3. The number of carboxylic acid groups (broad SMARTS) is 1. The minimum atomic E-state index is -0.971. The van der Waals surface area contributed by atoms with Crippen molar-refractivity contribution >= 4 is 12.0 Å². The van der Waals surface area contributed by atoms with Gasteiger partial charge in [0.15, 0.2) is 0 Å². The Morgan fingerprint density at radius 2 is 2.26 bits per heavy atom. The van der Waals surface area contributed by atoms with Crippen LogP contribution in [-0.4, -0.2) is 53.8 Å². The van der Waals surface area contributed by atoms with E-state index < -0.39 is 12.0 Å². The number of aliphatic carboxylic acids is 1. The van der Waals surface area contributed by atoms with E-state index in [9.17, 15) is 9.59 Å². The maximum absolute atomic E-state index is 12.1. The van der Waals surface area contributed by atoms with Crippen LogP contribution in [0.3, 0.4) is 0 Å². The first-order chi connectivity index (χ1) is 9.04. The number of carbonyl (C=O) groups excluding carboxylic acids is 1. The summed E-state index contributed by atoms with van der Waals surface area (Å²) >= 11 is 0. The van der Waals surface area contributed by atoms with E-state index in [1.54, 1.807) is 4.90 Å². The fourth-order valence-corrected chi connectivity index (χ4v) is 2.08. The van der Waals surface area contributed by atoms with Gasteiger partial charge in [-0.15, -0.1) is 0 Å². The molecule has 1 aliphatic rings. The maximum atomic E-state index is 12.1. The Bertz CT molecular complexity index is 309. The van der Waals surface area contributed by atoms with Crippen molar-refractivity contribution in [2.45, 2.75) is 51.7 Å². The second-order valence-electron chi connectivity index (χ2n) is 4.96. The topological polar surface area (TPSA) is 78.9 Å². The van der Waals surface area contributed by atoms with Gasteiger partial charge in [-0.2, -0.15) is 0 Å². The molecule has 0 saturated carbocycles. The van der Waals surface area contributed by atoms with Crippen LogP contribution in [0, 0.1) is 0 Å². The van der Waals surface area contributed by atoms with Crippen molar-refractivity contribution in [1.82, 2.24) is 10.2 Å². The van der Waals surface area contributed by atoms with Crippen molar-refractivity contribution < 1.29 is 19.4 Å². The molecule has 0 aromatic heterocycles. The number of hydrogen-bond donors (Lipinski definition) is 2. The highest BCUT2D eigenvalue weighted by Gasteiger charge is 2.24. The first kappa shape index (κ1) is 15.8. The largest absolute Gasteiger partial charge is 0.480 e. The molecule has 6 heteroatoms. The molecule has 19 heavy (non-hydrogen) atoms. The summed E-state index contributed by atoms with van der Waals surface area (Å²) in [5.41, 5.74) is 0. The van der Waals surface area contributed by atoms with Gasteiger partial charge in [0, 0.05) is 19.7 Å². The van der Waals surface area contributed by atoms with Crippen LogP contribution in [-0.2, 0) is 9.53 Å². The van der Waals surface area contributed by atoms with Gasteiger partial charge in [-0.3, -0.25) is 0 Å². The van der Waals surface area contributed by atoms with Gasteiger partial charge in [0.1, 0.15) is 6.04 Å². The molecular weight excluding hydrogens is 248 g/mol. The Morgan fingerprint density at radius 1 is 1.53 bits per heavy atom. The lowest BCUT2D eigenvalue weighted by molar-refractivity contribution is -0.139. The minimum Gasteiger partial charge on any atom is -0.480 e. The first-order valence-electron chi connectivity index (χ1n) is 6.94. The van der Waals surface area contributed by atoms with E-state index in [1.165, 1.54) is 0 Å². The van der Waals surface area contributed by atoms with Crippen molar-refractivity contribution in [2.24, 2.45) is 0 Å². The van der Waals surface area contributed by atoms with Crippen LogP contribution in [0.5, 0.6) is 0 Å². The summed E-state index contributed by atoms with van der Waals surface area (Å²) < 4.78 is 5.46. The summed E-state index contributed by atoms with van der Waals surface area (Å²) in [7, 11) is 0. The smallest absolute Gasteiger partial charge is 0.326 e. The molecule has 0 aromatic carbocycles. The summed E-state index contributed by atoms with van der Waals surface area (Å²) in [4.78, 5) is 24.8. The number of urea groups is 1. The molecule has 0 bridgehead atoms. The van der Waals surface area contributed by atoms with Gasteiger partial charge in [-0.1, -0.05) is 19.8 Å². The SMILES string of the molecule is CCCC[C@H](NC(=O)N1CCCOC(C)C1)C(=O)O. The summed E-state index contributed by atoms with van der Waals surface area (Å²) in [6.45, 7) is 5.66. The fraction of sp³-hybridized carbons (Fsp3) is 0.846. The monoisotopic (exact) mass is 272 g/mol. The Balaban J connectivity index is 2.52. The van der Waals surface area contributed by atoms with Crippen LogP contribution >= 0.6 is 0 Å². The second-order valence-corrected chi connectivity index (χ2v) is 4.96. The standard InChI is InChI=1S/C13H24N2O4/c1-3-4-6-11(12(16)17)14-13(18)15-7-5-8-19-10(2)9-15/h10-11H,3-9H2,1-2H3,(H,14,18)(H,16,17)/t10?,11-/m0/s1. The summed E-state index contributed by atoms with van der Waals surface area (Å²) in [6.07, 6.45) is 2.94. The van der Waals surface area contributed by atoms with Gasteiger partial charge < -0.3 is 20.1 Å². The van der Waals surface area contributed by atoms with Gasteiger partial charge in [0.2, 0.25) is 0 Å². The van der Waals surface area contributed by atoms with E-state index in [1.807, 2.05) is 13.8 Å². The summed E-state index contributed by atoms with van der Waals surface area (Å²) in [5, 5.41) is 11.7. The molecule has 0 radical (unpaired) electrons.